The van der Waals surface area contributed by atoms with Gasteiger partial charge in [0.25, 0.3) is 0 Å². The monoisotopic (exact) mass is 382 g/mol. The van der Waals surface area contributed by atoms with Crippen molar-refractivity contribution in [2.24, 2.45) is 0 Å². The highest BCUT2D eigenvalue weighted by atomic mass is 35.5. The number of para-hydroxylation sites is 1. The average molecular weight is 383 g/mol. The Morgan fingerprint density at radius 3 is 2.73 bits per heavy atom. The van der Waals surface area contributed by atoms with E-state index in [4.69, 9.17) is 11.6 Å². The van der Waals surface area contributed by atoms with Gasteiger partial charge in [-0.1, -0.05) is 29.8 Å². The van der Waals surface area contributed by atoms with Gasteiger partial charge in [0.2, 0.25) is 5.91 Å². The maximum absolute atomic E-state index is 12.9. The molecule has 1 amide bonds. The van der Waals surface area contributed by atoms with Crippen LogP contribution in [0.1, 0.15) is 24.5 Å². The molecule has 0 aliphatic carbocycles. The third-order valence-corrected chi connectivity index (χ3v) is 4.75. The molecule has 1 aliphatic heterocycles. The van der Waals surface area contributed by atoms with E-state index in [0.29, 0.717) is 0 Å². The highest BCUT2D eigenvalue weighted by Gasteiger charge is 2.33. The molecule has 0 radical (unpaired) electrons. The van der Waals surface area contributed by atoms with Gasteiger partial charge in [0.1, 0.15) is 0 Å². The van der Waals surface area contributed by atoms with Crippen LogP contribution in [-0.2, 0) is 17.4 Å². The van der Waals surface area contributed by atoms with E-state index in [1.54, 1.807) is 4.90 Å². The number of rotatable bonds is 4. The molecule has 1 atom stereocenters. The summed E-state index contributed by atoms with van der Waals surface area (Å²) in [6, 6.07) is 11.5. The van der Waals surface area contributed by atoms with Gasteiger partial charge in [-0.25, -0.2) is 0 Å². The number of benzene rings is 2. The number of nitrogens with zero attached hydrogens (tertiary/aromatic N) is 1. The van der Waals surface area contributed by atoms with Crippen LogP contribution in [0.25, 0.3) is 0 Å². The number of fused-ring (bicyclic) bond motifs is 1. The molecular weight excluding hydrogens is 365 g/mol. The number of alkyl halides is 3. The van der Waals surface area contributed by atoms with E-state index < -0.39 is 11.7 Å². The third-order valence-electron chi connectivity index (χ3n) is 4.42. The number of amides is 1. The molecule has 1 aliphatic rings. The van der Waals surface area contributed by atoms with Crippen LogP contribution in [0.5, 0.6) is 0 Å². The van der Waals surface area contributed by atoms with Crippen molar-refractivity contribution in [3.63, 3.8) is 0 Å². The van der Waals surface area contributed by atoms with Crippen molar-refractivity contribution in [3.05, 3.63) is 58.6 Å². The third kappa shape index (κ3) is 3.80. The van der Waals surface area contributed by atoms with E-state index in [9.17, 15) is 18.0 Å². The number of carbonyl (C=O) groups excluding carboxylic acids is 1. The van der Waals surface area contributed by atoms with E-state index in [1.165, 1.54) is 12.1 Å². The maximum Gasteiger partial charge on any atom is 0.417 e. The molecular formula is C19H18ClF3N2O. The molecule has 1 heterocycles. The highest BCUT2D eigenvalue weighted by molar-refractivity contribution is 6.31. The number of hydrogen-bond donors (Lipinski definition) is 1. The number of nitrogens with one attached hydrogen (secondary N) is 1. The molecule has 0 saturated carbocycles. The SMILES string of the molecule is CC1Cc2ccccc2N1C(=O)CCNc1ccc(Cl)c(C(F)(F)F)c1. The molecule has 0 saturated heterocycles. The average Bonchev–Trinajstić information content (AvgIpc) is 2.91. The van der Waals surface area contributed by atoms with E-state index in [-0.39, 0.29) is 35.6 Å². The predicted octanol–water partition coefficient (Wildman–Crippen LogP) is 5.14. The van der Waals surface area contributed by atoms with Gasteiger partial charge < -0.3 is 10.2 Å². The lowest BCUT2D eigenvalue weighted by atomic mass is 10.1. The van der Waals surface area contributed by atoms with Crippen LogP contribution in [0.15, 0.2) is 42.5 Å². The summed E-state index contributed by atoms with van der Waals surface area (Å²) in [5.41, 5.74) is 1.44. The molecule has 1 unspecified atom stereocenters. The summed E-state index contributed by atoms with van der Waals surface area (Å²) in [7, 11) is 0. The molecule has 7 heteroatoms. The minimum Gasteiger partial charge on any atom is -0.385 e. The molecule has 3 rings (SSSR count). The largest absolute Gasteiger partial charge is 0.417 e. The molecule has 1 N–H and O–H groups in total. The smallest absolute Gasteiger partial charge is 0.385 e. The van der Waals surface area contributed by atoms with Gasteiger partial charge in [-0.15, -0.1) is 0 Å². The van der Waals surface area contributed by atoms with Crippen molar-refractivity contribution in [3.8, 4) is 0 Å². The first-order chi connectivity index (χ1) is 12.3. The number of carbonyl (C=O) groups is 1. The van der Waals surface area contributed by atoms with Gasteiger partial charge in [-0.2, -0.15) is 13.2 Å². The zero-order chi connectivity index (χ0) is 18.9. The van der Waals surface area contributed by atoms with Gasteiger partial charge in [-0.05, 0) is 43.2 Å². The van der Waals surface area contributed by atoms with Gasteiger partial charge in [0.05, 0.1) is 10.6 Å². The summed E-state index contributed by atoms with van der Waals surface area (Å²) < 4.78 is 38.7. The molecule has 2 aromatic rings. The second-order valence-corrected chi connectivity index (χ2v) is 6.72. The molecule has 3 nitrogen and oxygen atoms in total. The summed E-state index contributed by atoms with van der Waals surface area (Å²) in [4.78, 5) is 14.3. The molecule has 2 aromatic carbocycles. The second kappa shape index (κ2) is 7.19. The summed E-state index contributed by atoms with van der Waals surface area (Å²) in [6.45, 7) is 2.23. The van der Waals surface area contributed by atoms with Crippen LogP contribution in [-0.4, -0.2) is 18.5 Å². The topological polar surface area (TPSA) is 32.3 Å². The number of hydrogen-bond acceptors (Lipinski definition) is 2. The Balaban J connectivity index is 1.63. The second-order valence-electron chi connectivity index (χ2n) is 6.31. The predicted molar refractivity (Wildman–Crippen MR) is 96.7 cm³/mol. The maximum atomic E-state index is 12.9. The Kier molecular flexibility index (Phi) is 5.14. The van der Waals surface area contributed by atoms with Crippen molar-refractivity contribution in [2.75, 3.05) is 16.8 Å². The first-order valence-corrected chi connectivity index (χ1v) is 8.66. The fraction of sp³-hybridized carbons (Fsp3) is 0.316. The first kappa shape index (κ1) is 18.6. The van der Waals surface area contributed by atoms with Crippen molar-refractivity contribution >= 4 is 28.9 Å². The Bertz CT molecular complexity index is 823. The quantitative estimate of drug-likeness (QED) is 0.794. The summed E-state index contributed by atoms with van der Waals surface area (Å²) in [6.07, 6.45) is -3.52. The Morgan fingerprint density at radius 2 is 2.00 bits per heavy atom. The minimum absolute atomic E-state index is 0.0556. The highest BCUT2D eigenvalue weighted by Crippen LogP contribution is 2.36. The van der Waals surface area contributed by atoms with E-state index in [0.717, 1.165) is 23.7 Å². The van der Waals surface area contributed by atoms with Crippen molar-refractivity contribution in [2.45, 2.75) is 32.0 Å². The van der Waals surface area contributed by atoms with Crippen LogP contribution in [0.3, 0.4) is 0 Å². The normalized spacial score (nSPS) is 16.5. The van der Waals surface area contributed by atoms with Crippen LogP contribution < -0.4 is 10.2 Å². The lowest BCUT2D eigenvalue weighted by Gasteiger charge is -2.23. The van der Waals surface area contributed by atoms with Crippen LogP contribution in [0, 0.1) is 0 Å². The molecule has 0 fully saturated rings. The zero-order valence-corrected chi connectivity index (χ0v) is 14.9. The Hall–Kier alpha value is -2.21. The Morgan fingerprint density at radius 1 is 1.27 bits per heavy atom. The lowest BCUT2D eigenvalue weighted by Crippen LogP contribution is -2.36. The van der Waals surface area contributed by atoms with E-state index >= 15 is 0 Å². The number of halogens is 4. The standard InChI is InChI=1S/C19H18ClF3N2O/c1-12-10-13-4-2-3-5-17(13)25(12)18(26)8-9-24-14-6-7-16(20)15(11-14)19(21,22)23/h2-7,11-12,24H,8-10H2,1H3. The fourth-order valence-electron chi connectivity index (χ4n) is 3.23. The lowest BCUT2D eigenvalue weighted by molar-refractivity contribution is -0.137. The van der Waals surface area contributed by atoms with Gasteiger partial charge in [0, 0.05) is 30.4 Å². The van der Waals surface area contributed by atoms with Crippen LogP contribution in [0.2, 0.25) is 5.02 Å². The summed E-state index contributed by atoms with van der Waals surface area (Å²) in [5.74, 6) is -0.0556. The van der Waals surface area contributed by atoms with E-state index in [1.807, 2.05) is 31.2 Å². The van der Waals surface area contributed by atoms with Crippen LogP contribution in [0.4, 0.5) is 24.5 Å². The fourth-order valence-corrected chi connectivity index (χ4v) is 3.46. The van der Waals surface area contributed by atoms with Crippen molar-refractivity contribution in [1.82, 2.24) is 0 Å². The van der Waals surface area contributed by atoms with Gasteiger partial charge in [-0.3, -0.25) is 4.79 Å². The Labute approximate surface area is 154 Å². The zero-order valence-electron chi connectivity index (χ0n) is 14.1. The van der Waals surface area contributed by atoms with Crippen molar-refractivity contribution < 1.29 is 18.0 Å². The number of anilines is 2. The summed E-state index contributed by atoms with van der Waals surface area (Å²) >= 11 is 5.61. The first-order valence-electron chi connectivity index (χ1n) is 8.28. The molecule has 138 valence electrons. The molecule has 0 aromatic heterocycles. The summed E-state index contributed by atoms with van der Waals surface area (Å²) in [5, 5.41) is 2.53. The molecule has 0 bridgehead atoms. The van der Waals surface area contributed by atoms with Gasteiger partial charge in [0.15, 0.2) is 0 Å². The minimum atomic E-state index is -4.51. The molecule has 26 heavy (non-hydrogen) atoms. The molecule has 0 spiro atoms. The van der Waals surface area contributed by atoms with Gasteiger partial charge >= 0.3 is 6.18 Å². The van der Waals surface area contributed by atoms with Crippen molar-refractivity contribution in [1.29, 1.82) is 0 Å². The van der Waals surface area contributed by atoms with E-state index in [2.05, 4.69) is 5.32 Å². The van der Waals surface area contributed by atoms with Crippen LogP contribution >= 0.6 is 11.6 Å².